The predicted octanol–water partition coefficient (Wildman–Crippen LogP) is 3.30. The van der Waals surface area contributed by atoms with Crippen LogP contribution in [-0.2, 0) is 11.3 Å². The van der Waals surface area contributed by atoms with Gasteiger partial charge in [0, 0.05) is 13.0 Å². The molecule has 0 aliphatic rings. The van der Waals surface area contributed by atoms with Crippen molar-refractivity contribution in [2.24, 2.45) is 5.92 Å². The van der Waals surface area contributed by atoms with Gasteiger partial charge in [0.15, 0.2) is 5.78 Å². The third-order valence-electron chi connectivity index (χ3n) is 2.97. The van der Waals surface area contributed by atoms with E-state index in [0.29, 0.717) is 18.8 Å². The number of Topliss-reactive ketones (excluding diaryl/α,β-unsaturated/α-hetero) is 1. The molecule has 0 aliphatic carbocycles. The van der Waals surface area contributed by atoms with Gasteiger partial charge in [-0.15, -0.1) is 0 Å². The number of carbonyl (C=O) groups is 1. The lowest BCUT2D eigenvalue weighted by Crippen LogP contribution is -2.19. The van der Waals surface area contributed by atoms with E-state index < -0.39 is 0 Å². The van der Waals surface area contributed by atoms with E-state index in [0.717, 1.165) is 23.7 Å². The summed E-state index contributed by atoms with van der Waals surface area (Å²) in [6.45, 7) is 5.27. The molecular formula is C13H21BrN2O2. The summed E-state index contributed by atoms with van der Waals surface area (Å²) in [5.74, 6) is 0.197. The molecule has 1 atom stereocenters. The monoisotopic (exact) mass is 316 g/mol. The molecule has 4 nitrogen and oxygen atoms in total. The Morgan fingerprint density at radius 1 is 1.61 bits per heavy atom. The first-order valence-electron chi connectivity index (χ1n) is 6.36. The van der Waals surface area contributed by atoms with Gasteiger partial charge in [-0.2, -0.15) is 5.10 Å². The number of halogens is 1. The Hall–Kier alpha value is -0.680. The van der Waals surface area contributed by atoms with Crippen molar-refractivity contribution >= 4 is 21.7 Å². The fraction of sp³-hybridized carbons (Fsp3) is 0.692. The molecule has 0 saturated heterocycles. The smallest absolute Gasteiger partial charge is 0.184 e. The highest BCUT2D eigenvalue weighted by molar-refractivity contribution is 9.10. The van der Waals surface area contributed by atoms with Crippen molar-refractivity contribution in [1.82, 2.24) is 9.78 Å². The first-order chi connectivity index (χ1) is 8.61. The molecule has 102 valence electrons. The zero-order valence-corrected chi connectivity index (χ0v) is 12.9. The summed E-state index contributed by atoms with van der Waals surface area (Å²) in [7, 11) is 1.64. The molecule has 0 spiro atoms. The predicted molar refractivity (Wildman–Crippen MR) is 74.8 cm³/mol. The molecule has 18 heavy (non-hydrogen) atoms. The van der Waals surface area contributed by atoms with Crippen LogP contribution in [0.15, 0.2) is 10.7 Å². The van der Waals surface area contributed by atoms with Crippen LogP contribution in [0.3, 0.4) is 0 Å². The van der Waals surface area contributed by atoms with Crippen LogP contribution in [0.1, 0.15) is 43.6 Å². The number of ketones is 1. The van der Waals surface area contributed by atoms with Crippen LogP contribution < -0.4 is 0 Å². The highest BCUT2D eigenvalue weighted by atomic mass is 79.9. The molecule has 1 aromatic heterocycles. The van der Waals surface area contributed by atoms with Crippen LogP contribution in [0.2, 0.25) is 0 Å². The molecule has 5 heteroatoms. The van der Waals surface area contributed by atoms with Crippen molar-refractivity contribution in [3.8, 4) is 0 Å². The van der Waals surface area contributed by atoms with Crippen molar-refractivity contribution < 1.29 is 9.53 Å². The summed E-state index contributed by atoms with van der Waals surface area (Å²) in [6.07, 6.45) is 4.80. The van der Waals surface area contributed by atoms with Gasteiger partial charge in [-0.1, -0.05) is 26.7 Å². The molecule has 0 aromatic carbocycles. The van der Waals surface area contributed by atoms with Gasteiger partial charge in [0.25, 0.3) is 0 Å². The number of hydrogen-bond donors (Lipinski definition) is 0. The Labute approximate surface area is 117 Å². The lowest BCUT2D eigenvalue weighted by Gasteiger charge is -2.12. The maximum atomic E-state index is 12.4. The molecule has 0 N–H and O–H groups in total. The number of nitrogens with zero attached hydrogens (tertiary/aromatic N) is 2. The van der Waals surface area contributed by atoms with E-state index in [1.807, 2.05) is 6.92 Å². The van der Waals surface area contributed by atoms with Gasteiger partial charge in [-0.05, 0) is 22.4 Å². The van der Waals surface area contributed by atoms with E-state index in [1.54, 1.807) is 18.0 Å². The van der Waals surface area contributed by atoms with Crippen LogP contribution >= 0.6 is 15.9 Å². The van der Waals surface area contributed by atoms with Gasteiger partial charge in [0.05, 0.1) is 23.8 Å². The minimum Gasteiger partial charge on any atom is -0.383 e. The highest BCUT2D eigenvalue weighted by Gasteiger charge is 2.22. The summed E-state index contributed by atoms with van der Waals surface area (Å²) in [5.41, 5.74) is 0.663. The molecular weight excluding hydrogens is 296 g/mol. The molecule has 0 bridgehead atoms. The lowest BCUT2D eigenvalue weighted by atomic mass is 9.97. The zero-order chi connectivity index (χ0) is 13.5. The van der Waals surface area contributed by atoms with Crippen LogP contribution in [0.4, 0.5) is 0 Å². The maximum Gasteiger partial charge on any atom is 0.184 e. The average Bonchev–Trinajstić information content (AvgIpc) is 2.73. The van der Waals surface area contributed by atoms with Gasteiger partial charge >= 0.3 is 0 Å². The zero-order valence-electron chi connectivity index (χ0n) is 11.3. The number of unbranched alkanes of at least 4 members (excludes halogenated alkanes) is 1. The van der Waals surface area contributed by atoms with Crippen LogP contribution in [-0.4, -0.2) is 29.3 Å². The van der Waals surface area contributed by atoms with Crippen LogP contribution in [0.25, 0.3) is 0 Å². The number of methoxy groups -OCH3 is 1. The quantitative estimate of drug-likeness (QED) is 0.691. The van der Waals surface area contributed by atoms with Gasteiger partial charge in [-0.25, -0.2) is 0 Å². The van der Waals surface area contributed by atoms with E-state index in [-0.39, 0.29) is 11.7 Å². The summed E-state index contributed by atoms with van der Waals surface area (Å²) >= 11 is 3.40. The molecule has 0 saturated carbocycles. The average molecular weight is 317 g/mol. The Bertz CT molecular complexity index is 390. The van der Waals surface area contributed by atoms with Gasteiger partial charge < -0.3 is 4.74 Å². The molecule has 1 rings (SSSR count). The SMILES string of the molecule is CCCCC(C)C(=O)c1c(Br)cnn1CCOC. The number of rotatable bonds is 8. The Morgan fingerprint density at radius 2 is 2.33 bits per heavy atom. The van der Waals surface area contributed by atoms with Gasteiger partial charge in [0.1, 0.15) is 5.69 Å². The molecule has 1 aromatic rings. The number of hydrogen-bond acceptors (Lipinski definition) is 3. The van der Waals surface area contributed by atoms with E-state index >= 15 is 0 Å². The van der Waals surface area contributed by atoms with Crippen molar-refractivity contribution in [2.75, 3.05) is 13.7 Å². The fourth-order valence-corrected chi connectivity index (χ4v) is 2.32. The summed E-state index contributed by atoms with van der Waals surface area (Å²) in [4.78, 5) is 12.4. The largest absolute Gasteiger partial charge is 0.383 e. The summed E-state index contributed by atoms with van der Waals surface area (Å²) in [5, 5.41) is 4.21. The van der Waals surface area contributed by atoms with E-state index in [1.165, 1.54) is 0 Å². The van der Waals surface area contributed by atoms with Crippen molar-refractivity contribution in [3.63, 3.8) is 0 Å². The first-order valence-corrected chi connectivity index (χ1v) is 7.15. The fourth-order valence-electron chi connectivity index (χ4n) is 1.83. The van der Waals surface area contributed by atoms with Crippen LogP contribution in [0.5, 0.6) is 0 Å². The van der Waals surface area contributed by atoms with Crippen molar-refractivity contribution in [1.29, 1.82) is 0 Å². The third kappa shape index (κ3) is 3.92. The second-order valence-corrected chi connectivity index (χ2v) is 5.32. The minimum atomic E-state index is 0.0410. The summed E-state index contributed by atoms with van der Waals surface area (Å²) < 4.78 is 7.52. The Morgan fingerprint density at radius 3 is 2.94 bits per heavy atom. The lowest BCUT2D eigenvalue weighted by molar-refractivity contribution is 0.0907. The highest BCUT2D eigenvalue weighted by Crippen LogP contribution is 2.22. The standard InChI is InChI=1S/C13H21BrN2O2/c1-4-5-6-10(2)13(17)12-11(14)9-15-16(12)7-8-18-3/h9-10H,4-8H2,1-3H3. The van der Waals surface area contributed by atoms with E-state index in [2.05, 4.69) is 28.0 Å². The molecule has 0 fully saturated rings. The first kappa shape index (κ1) is 15.4. The number of aromatic nitrogens is 2. The molecule has 0 aliphatic heterocycles. The number of carbonyl (C=O) groups excluding carboxylic acids is 1. The van der Waals surface area contributed by atoms with Crippen molar-refractivity contribution in [3.05, 3.63) is 16.4 Å². The molecule has 1 heterocycles. The minimum absolute atomic E-state index is 0.0410. The topological polar surface area (TPSA) is 44.1 Å². The number of ether oxygens (including phenoxy) is 1. The second-order valence-electron chi connectivity index (χ2n) is 4.46. The normalized spacial score (nSPS) is 12.7. The van der Waals surface area contributed by atoms with Gasteiger partial charge in [0.2, 0.25) is 0 Å². The van der Waals surface area contributed by atoms with Crippen LogP contribution in [0, 0.1) is 5.92 Å². The van der Waals surface area contributed by atoms with E-state index in [9.17, 15) is 4.79 Å². The summed E-state index contributed by atoms with van der Waals surface area (Å²) in [6, 6.07) is 0. The van der Waals surface area contributed by atoms with Gasteiger partial charge in [-0.3, -0.25) is 9.48 Å². The maximum absolute atomic E-state index is 12.4. The second kappa shape index (κ2) is 7.69. The van der Waals surface area contributed by atoms with E-state index in [4.69, 9.17) is 4.74 Å². The molecule has 1 unspecified atom stereocenters. The molecule has 0 radical (unpaired) electrons. The molecule has 0 amide bonds. The third-order valence-corrected chi connectivity index (χ3v) is 3.55. The van der Waals surface area contributed by atoms with Crippen molar-refractivity contribution in [2.45, 2.75) is 39.7 Å². The Kier molecular flexibility index (Phi) is 6.57. The Balaban J connectivity index is 2.80.